The number of carbonyl (C=O) groups excluding carboxylic acids is 1. The lowest BCUT2D eigenvalue weighted by atomic mass is 9.95. The molecule has 1 aliphatic rings. The van der Waals surface area contributed by atoms with E-state index in [0.29, 0.717) is 26.2 Å². The summed E-state index contributed by atoms with van der Waals surface area (Å²) in [6.07, 6.45) is 5.37. The predicted octanol–water partition coefficient (Wildman–Crippen LogP) is 2.08. The fourth-order valence-corrected chi connectivity index (χ4v) is 2.28. The number of ether oxygens (including phenoxy) is 3. The highest BCUT2D eigenvalue weighted by molar-refractivity contribution is 5.94. The first kappa shape index (κ1) is 19.2. The fraction of sp³-hybridized carbons (Fsp3) is 0.647. The molecule has 0 radical (unpaired) electrons. The second-order valence-corrected chi connectivity index (χ2v) is 5.14. The van der Waals surface area contributed by atoms with Gasteiger partial charge in [-0.3, -0.25) is 0 Å². The maximum Gasteiger partial charge on any atom is 0.349 e. The van der Waals surface area contributed by atoms with Gasteiger partial charge in [-0.05, 0) is 44.3 Å². The van der Waals surface area contributed by atoms with Gasteiger partial charge in [0.1, 0.15) is 18.2 Å². The van der Waals surface area contributed by atoms with Crippen LogP contribution in [0.3, 0.4) is 0 Å². The molecule has 0 aromatic rings. The standard InChI is InChI=1S/C17H26N2O4/c1-3-22-10-11-23-17(20)16(13-18)14-6-4-7-15(12-14)19-8-5-9-21-2/h12,19H,3-11H2,1-2H3/b16-14+. The van der Waals surface area contributed by atoms with Gasteiger partial charge in [0, 0.05) is 32.6 Å². The fourth-order valence-electron chi connectivity index (χ4n) is 2.28. The van der Waals surface area contributed by atoms with Crippen LogP contribution in [0.15, 0.2) is 22.9 Å². The Morgan fingerprint density at radius 1 is 1.35 bits per heavy atom. The monoisotopic (exact) mass is 322 g/mol. The number of methoxy groups -OCH3 is 1. The lowest BCUT2D eigenvalue weighted by molar-refractivity contribution is -0.140. The van der Waals surface area contributed by atoms with Crippen LogP contribution in [0.5, 0.6) is 0 Å². The van der Waals surface area contributed by atoms with Crippen LogP contribution >= 0.6 is 0 Å². The molecule has 0 fully saturated rings. The van der Waals surface area contributed by atoms with Crippen LogP contribution in [-0.4, -0.2) is 46.1 Å². The highest BCUT2D eigenvalue weighted by atomic mass is 16.6. The van der Waals surface area contributed by atoms with Crippen molar-refractivity contribution in [2.24, 2.45) is 0 Å². The molecule has 0 aromatic carbocycles. The van der Waals surface area contributed by atoms with Gasteiger partial charge in [-0.15, -0.1) is 0 Å². The molecular formula is C17H26N2O4. The summed E-state index contributed by atoms with van der Waals surface area (Å²) in [6, 6.07) is 1.98. The quantitative estimate of drug-likeness (QED) is 0.287. The lowest BCUT2D eigenvalue weighted by Gasteiger charge is -2.18. The second-order valence-electron chi connectivity index (χ2n) is 5.14. The number of carbonyl (C=O) groups is 1. The normalized spacial score (nSPS) is 16.3. The molecule has 0 atom stereocenters. The molecule has 0 saturated carbocycles. The average Bonchev–Trinajstić information content (AvgIpc) is 2.57. The van der Waals surface area contributed by atoms with Crippen molar-refractivity contribution in [3.05, 3.63) is 22.9 Å². The first-order valence-electron chi connectivity index (χ1n) is 8.04. The molecule has 0 heterocycles. The van der Waals surface area contributed by atoms with E-state index >= 15 is 0 Å². The second kappa shape index (κ2) is 11.7. The average molecular weight is 322 g/mol. The van der Waals surface area contributed by atoms with Crippen LogP contribution in [0.25, 0.3) is 0 Å². The Morgan fingerprint density at radius 3 is 2.87 bits per heavy atom. The molecule has 0 unspecified atom stereocenters. The van der Waals surface area contributed by atoms with E-state index < -0.39 is 5.97 Å². The van der Waals surface area contributed by atoms with Gasteiger partial charge in [0.2, 0.25) is 0 Å². The van der Waals surface area contributed by atoms with Crippen molar-refractivity contribution in [1.29, 1.82) is 5.26 Å². The topological polar surface area (TPSA) is 80.6 Å². The highest BCUT2D eigenvalue weighted by Gasteiger charge is 2.18. The van der Waals surface area contributed by atoms with Gasteiger partial charge in [0.05, 0.1) is 6.61 Å². The Hall–Kier alpha value is -1.84. The largest absolute Gasteiger partial charge is 0.459 e. The van der Waals surface area contributed by atoms with Crippen LogP contribution < -0.4 is 5.32 Å². The number of hydrogen-bond acceptors (Lipinski definition) is 6. The summed E-state index contributed by atoms with van der Waals surface area (Å²) in [5, 5.41) is 12.6. The van der Waals surface area contributed by atoms with Gasteiger partial charge >= 0.3 is 5.97 Å². The number of esters is 1. The van der Waals surface area contributed by atoms with Gasteiger partial charge in [-0.25, -0.2) is 4.79 Å². The number of hydrogen-bond donors (Lipinski definition) is 1. The zero-order valence-electron chi connectivity index (χ0n) is 14.0. The lowest BCUT2D eigenvalue weighted by Crippen LogP contribution is -2.19. The molecule has 6 heteroatoms. The first-order valence-corrected chi connectivity index (χ1v) is 8.04. The van der Waals surface area contributed by atoms with E-state index in [2.05, 4.69) is 5.32 Å². The van der Waals surface area contributed by atoms with Crippen LogP contribution in [0, 0.1) is 11.3 Å². The van der Waals surface area contributed by atoms with E-state index in [0.717, 1.165) is 37.1 Å². The maximum absolute atomic E-state index is 12.0. The third-order valence-corrected chi connectivity index (χ3v) is 3.42. The van der Waals surface area contributed by atoms with Crippen molar-refractivity contribution in [2.45, 2.75) is 32.6 Å². The first-order chi connectivity index (χ1) is 11.2. The Kier molecular flexibility index (Phi) is 9.76. The van der Waals surface area contributed by atoms with E-state index in [1.54, 1.807) is 7.11 Å². The molecule has 6 nitrogen and oxygen atoms in total. The summed E-state index contributed by atoms with van der Waals surface area (Å²) in [4.78, 5) is 12.0. The van der Waals surface area contributed by atoms with Crippen molar-refractivity contribution in [3.63, 3.8) is 0 Å². The summed E-state index contributed by atoms with van der Waals surface area (Å²) >= 11 is 0. The van der Waals surface area contributed by atoms with Gasteiger partial charge in [0.15, 0.2) is 0 Å². The molecule has 1 rings (SSSR count). The minimum Gasteiger partial charge on any atom is -0.459 e. The van der Waals surface area contributed by atoms with Crippen LogP contribution in [0.4, 0.5) is 0 Å². The highest BCUT2D eigenvalue weighted by Crippen LogP contribution is 2.24. The minimum absolute atomic E-state index is 0.0948. The Bertz CT molecular complexity index is 477. The van der Waals surface area contributed by atoms with Crippen LogP contribution in [0.1, 0.15) is 32.6 Å². The van der Waals surface area contributed by atoms with Crippen molar-refractivity contribution < 1.29 is 19.0 Å². The zero-order chi connectivity index (χ0) is 16.9. The summed E-state index contributed by atoms with van der Waals surface area (Å²) < 4.78 is 15.2. The number of allylic oxidation sites excluding steroid dienone is 3. The molecule has 1 aliphatic carbocycles. The third-order valence-electron chi connectivity index (χ3n) is 3.42. The van der Waals surface area contributed by atoms with Crippen LogP contribution in [-0.2, 0) is 19.0 Å². The number of nitrogens with one attached hydrogen (secondary N) is 1. The molecule has 23 heavy (non-hydrogen) atoms. The van der Waals surface area contributed by atoms with Crippen LogP contribution in [0.2, 0.25) is 0 Å². The summed E-state index contributed by atoms with van der Waals surface area (Å²) in [5.41, 5.74) is 1.89. The third kappa shape index (κ3) is 7.31. The van der Waals surface area contributed by atoms with E-state index in [1.807, 2.05) is 19.1 Å². The molecule has 0 bridgehead atoms. The van der Waals surface area contributed by atoms with Crippen molar-refractivity contribution in [3.8, 4) is 6.07 Å². The summed E-state index contributed by atoms with van der Waals surface area (Å²) in [7, 11) is 1.68. The molecule has 0 aromatic heterocycles. The number of nitrogens with zero attached hydrogens (tertiary/aromatic N) is 1. The summed E-state index contributed by atoms with van der Waals surface area (Å²) in [6.45, 7) is 4.48. The molecule has 0 spiro atoms. The number of nitriles is 1. The van der Waals surface area contributed by atoms with Gasteiger partial charge in [0.25, 0.3) is 0 Å². The smallest absolute Gasteiger partial charge is 0.349 e. The summed E-state index contributed by atoms with van der Waals surface area (Å²) in [5.74, 6) is -0.570. The molecule has 1 N–H and O–H groups in total. The Morgan fingerprint density at radius 2 is 2.17 bits per heavy atom. The molecule has 0 amide bonds. The van der Waals surface area contributed by atoms with Crippen molar-refractivity contribution in [1.82, 2.24) is 5.32 Å². The molecule has 0 saturated heterocycles. The molecule has 0 aliphatic heterocycles. The SMILES string of the molecule is CCOCCOC(=O)/C(C#N)=C1/C=C(NCCCOC)CCC1. The maximum atomic E-state index is 12.0. The van der Waals surface area contributed by atoms with E-state index in [-0.39, 0.29) is 12.2 Å². The van der Waals surface area contributed by atoms with Crippen molar-refractivity contribution in [2.75, 3.05) is 40.1 Å². The minimum atomic E-state index is -0.570. The Labute approximate surface area is 138 Å². The van der Waals surface area contributed by atoms with Crippen molar-refractivity contribution >= 4 is 5.97 Å². The predicted molar refractivity (Wildman–Crippen MR) is 86.5 cm³/mol. The van der Waals surface area contributed by atoms with Gasteiger partial charge < -0.3 is 19.5 Å². The van der Waals surface area contributed by atoms with Gasteiger partial charge in [-0.1, -0.05) is 0 Å². The van der Waals surface area contributed by atoms with E-state index in [9.17, 15) is 10.1 Å². The van der Waals surface area contributed by atoms with Gasteiger partial charge in [-0.2, -0.15) is 5.26 Å². The molecular weight excluding hydrogens is 296 g/mol. The van der Waals surface area contributed by atoms with E-state index in [4.69, 9.17) is 14.2 Å². The zero-order valence-corrected chi connectivity index (χ0v) is 14.0. The van der Waals surface area contributed by atoms with E-state index in [1.165, 1.54) is 0 Å². The number of rotatable bonds is 10. The Balaban J connectivity index is 2.63. The molecule has 128 valence electrons.